The van der Waals surface area contributed by atoms with Gasteiger partial charge in [-0.15, -0.1) is 11.8 Å². The number of thioether (sulfide) groups is 1. The van der Waals surface area contributed by atoms with Crippen molar-refractivity contribution in [3.63, 3.8) is 0 Å². The summed E-state index contributed by atoms with van der Waals surface area (Å²) in [5.41, 5.74) is 1.55. The van der Waals surface area contributed by atoms with E-state index in [4.69, 9.17) is 0 Å². The molecule has 0 atom stereocenters. The monoisotopic (exact) mass is 450 g/mol. The minimum absolute atomic E-state index is 0.803. The number of hydrogen-bond acceptors (Lipinski definition) is 1. The second kappa shape index (κ2) is 7.93. The third-order valence-corrected chi connectivity index (χ3v) is 13.5. The van der Waals surface area contributed by atoms with Crippen LogP contribution in [0.2, 0.25) is 13.1 Å². The molecule has 5 aromatic rings. The number of rotatable bonds is 5. The van der Waals surface area contributed by atoms with Gasteiger partial charge in [0.05, 0.1) is 8.07 Å². The molecule has 1 saturated carbocycles. The predicted octanol–water partition coefficient (Wildman–Crippen LogP) is 8.49. The predicted molar refractivity (Wildman–Crippen MR) is 146 cm³/mol. The molecule has 0 radical (unpaired) electrons. The molecule has 2 heteroatoms. The van der Waals surface area contributed by atoms with Crippen LogP contribution in [-0.4, -0.2) is 13.5 Å². The molecule has 0 unspecified atom stereocenters. The first-order valence-electron chi connectivity index (χ1n) is 12.0. The van der Waals surface area contributed by atoms with E-state index in [1.807, 2.05) is 0 Å². The molecule has 0 aromatic heterocycles. The minimum atomic E-state index is -1.63. The van der Waals surface area contributed by atoms with Gasteiger partial charge in [-0.1, -0.05) is 97.9 Å². The Morgan fingerprint density at radius 3 is 2.06 bits per heavy atom. The maximum absolute atomic E-state index is 2.54. The standard InChI is InChI=1S/C30H30SSi/c1-32(2,20-31-26-16-12-22(13-17-26)21-6-3-4-7-21)28-19-15-25-11-10-23-8-5-9-24-14-18-27(28)30(25)29(23)24/h5,8-19,21H,3-4,6-7,20H2,1-2H3. The Balaban J connectivity index is 1.32. The summed E-state index contributed by atoms with van der Waals surface area (Å²) in [6, 6.07) is 30.3. The Bertz CT molecular complexity index is 1380. The molecule has 0 spiro atoms. The summed E-state index contributed by atoms with van der Waals surface area (Å²) in [6.07, 6.45) is 5.56. The van der Waals surface area contributed by atoms with Crippen molar-refractivity contribution in [1.29, 1.82) is 0 Å². The highest BCUT2D eigenvalue weighted by molar-refractivity contribution is 8.01. The van der Waals surface area contributed by atoms with Gasteiger partial charge in [0.1, 0.15) is 0 Å². The lowest BCUT2D eigenvalue weighted by Crippen LogP contribution is -2.44. The van der Waals surface area contributed by atoms with E-state index in [1.165, 1.54) is 68.3 Å². The van der Waals surface area contributed by atoms with Crippen molar-refractivity contribution in [2.45, 2.75) is 49.6 Å². The summed E-state index contributed by atoms with van der Waals surface area (Å²) in [4.78, 5) is 1.42. The largest absolute Gasteiger partial charge is 0.129 e. The maximum Gasteiger partial charge on any atom is 0.0915 e. The van der Waals surface area contributed by atoms with Gasteiger partial charge in [0.25, 0.3) is 0 Å². The highest BCUT2D eigenvalue weighted by Crippen LogP contribution is 2.36. The van der Waals surface area contributed by atoms with Gasteiger partial charge in [-0.25, -0.2) is 0 Å². The smallest absolute Gasteiger partial charge is 0.0915 e. The van der Waals surface area contributed by atoms with Crippen LogP contribution in [0, 0.1) is 0 Å². The van der Waals surface area contributed by atoms with Gasteiger partial charge < -0.3 is 0 Å². The molecule has 0 N–H and O–H groups in total. The maximum atomic E-state index is 2.54. The molecule has 6 rings (SSSR count). The zero-order chi connectivity index (χ0) is 21.7. The lowest BCUT2D eigenvalue weighted by Gasteiger charge is -2.26. The van der Waals surface area contributed by atoms with Crippen molar-refractivity contribution < 1.29 is 0 Å². The fourth-order valence-corrected chi connectivity index (χ4v) is 10.3. The van der Waals surface area contributed by atoms with E-state index in [-0.39, 0.29) is 0 Å². The third-order valence-electron chi connectivity index (χ3n) is 7.56. The highest BCUT2D eigenvalue weighted by atomic mass is 32.2. The van der Waals surface area contributed by atoms with Crippen LogP contribution in [0.3, 0.4) is 0 Å². The summed E-state index contributed by atoms with van der Waals surface area (Å²) in [6.45, 7) is 5.08. The first-order chi connectivity index (χ1) is 15.6. The SMILES string of the molecule is C[Si](C)(CSc1ccc(C2CCCC2)cc1)c1ccc2ccc3cccc4ccc1c2c34. The second-order valence-electron chi connectivity index (χ2n) is 10.2. The van der Waals surface area contributed by atoms with Crippen molar-refractivity contribution in [1.82, 2.24) is 0 Å². The van der Waals surface area contributed by atoms with Crippen molar-refractivity contribution in [2.75, 3.05) is 5.38 Å². The van der Waals surface area contributed by atoms with Gasteiger partial charge in [0.15, 0.2) is 0 Å². The van der Waals surface area contributed by atoms with Gasteiger partial charge in [0, 0.05) is 4.90 Å². The highest BCUT2D eigenvalue weighted by Gasteiger charge is 2.27. The van der Waals surface area contributed by atoms with Crippen LogP contribution in [-0.2, 0) is 0 Å². The van der Waals surface area contributed by atoms with Gasteiger partial charge in [-0.05, 0) is 74.1 Å². The number of benzene rings is 5. The molecule has 1 fully saturated rings. The molecular weight excluding hydrogens is 420 g/mol. The topological polar surface area (TPSA) is 0 Å². The summed E-state index contributed by atoms with van der Waals surface area (Å²) in [5.74, 6) is 0.803. The Labute approximate surface area is 196 Å². The molecular formula is C30H30SSi. The molecule has 0 nitrogen and oxygen atoms in total. The van der Waals surface area contributed by atoms with E-state index in [0.717, 1.165) is 5.92 Å². The van der Waals surface area contributed by atoms with Crippen LogP contribution in [0.1, 0.15) is 37.2 Å². The lowest BCUT2D eigenvalue weighted by atomic mass is 9.94. The van der Waals surface area contributed by atoms with Crippen LogP contribution in [0.15, 0.2) is 83.8 Å². The van der Waals surface area contributed by atoms with Crippen molar-refractivity contribution >= 4 is 57.3 Å². The molecule has 32 heavy (non-hydrogen) atoms. The van der Waals surface area contributed by atoms with E-state index in [1.54, 1.807) is 10.8 Å². The average molecular weight is 451 g/mol. The summed E-state index contributed by atoms with van der Waals surface area (Å²) < 4.78 is 0. The van der Waals surface area contributed by atoms with Crippen LogP contribution < -0.4 is 5.19 Å². The zero-order valence-electron chi connectivity index (χ0n) is 19.0. The molecule has 0 bridgehead atoms. The zero-order valence-corrected chi connectivity index (χ0v) is 20.8. The van der Waals surface area contributed by atoms with Crippen LogP contribution in [0.4, 0.5) is 0 Å². The van der Waals surface area contributed by atoms with Crippen LogP contribution in [0.5, 0.6) is 0 Å². The van der Waals surface area contributed by atoms with Crippen LogP contribution >= 0.6 is 11.8 Å². The van der Waals surface area contributed by atoms with Crippen molar-refractivity contribution in [3.05, 3.63) is 84.4 Å². The first kappa shape index (κ1) is 20.3. The Kier molecular flexibility index (Phi) is 5.04. The average Bonchev–Trinajstić information content (AvgIpc) is 3.36. The minimum Gasteiger partial charge on any atom is -0.129 e. The van der Waals surface area contributed by atoms with Crippen molar-refractivity contribution in [3.8, 4) is 0 Å². The Morgan fingerprint density at radius 2 is 1.34 bits per heavy atom. The Morgan fingerprint density at radius 1 is 0.719 bits per heavy atom. The molecule has 0 saturated heterocycles. The summed E-state index contributed by atoms with van der Waals surface area (Å²) in [5, 5.41) is 11.3. The fourth-order valence-electron chi connectivity index (χ4n) is 5.76. The first-order valence-corrected chi connectivity index (χ1v) is 16.2. The molecule has 1 aliphatic carbocycles. The summed E-state index contributed by atoms with van der Waals surface area (Å²) >= 11 is 2.05. The molecule has 0 aliphatic heterocycles. The number of hydrogen-bond donors (Lipinski definition) is 0. The van der Waals surface area contributed by atoms with Gasteiger partial charge in [-0.2, -0.15) is 0 Å². The molecule has 0 heterocycles. The molecule has 0 amide bonds. The van der Waals surface area contributed by atoms with E-state index in [2.05, 4.69) is 104 Å². The van der Waals surface area contributed by atoms with Gasteiger partial charge >= 0.3 is 0 Å². The fraction of sp³-hybridized carbons (Fsp3) is 0.267. The molecule has 1 aliphatic rings. The summed E-state index contributed by atoms with van der Waals surface area (Å²) in [7, 11) is -1.63. The van der Waals surface area contributed by atoms with Crippen molar-refractivity contribution in [2.24, 2.45) is 0 Å². The molecule has 160 valence electrons. The van der Waals surface area contributed by atoms with Gasteiger partial charge in [0.2, 0.25) is 0 Å². The normalized spacial score (nSPS) is 15.4. The third kappa shape index (κ3) is 3.45. The quantitative estimate of drug-likeness (QED) is 0.147. The van der Waals surface area contributed by atoms with E-state index in [0.29, 0.717) is 0 Å². The second-order valence-corrected chi connectivity index (χ2v) is 16.4. The Hall–Kier alpha value is -2.29. The molecule has 5 aromatic carbocycles. The van der Waals surface area contributed by atoms with E-state index >= 15 is 0 Å². The lowest BCUT2D eigenvalue weighted by molar-refractivity contribution is 0.722. The van der Waals surface area contributed by atoms with E-state index in [9.17, 15) is 0 Å². The van der Waals surface area contributed by atoms with Gasteiger partial charge in [-0.3, -0.25) is 0 Å². The van der Waals surface area contributed by atoms with E-state index < -0.39 is 8.07 Å². The van der Waals surface area contributed by atoms with Crippen LogP contribution in [0.25, 0.3) is 32.3 Å².